The van der Waals surface area contributed by atoms with Crippen LogP contribution in [0, 0.1) is 0 Å². The zero-order valence-electron chi connectivity index (χ0n) is 11.0. The van der Waals surface area contributed by atoms with Crippen molar-refractivity contribution in [3.8, 4) is 0 Å². The number of rotatable bonds is 3. The zero-order chi connectivity index (χ0) is 14.1. The van der Waals surface area contributed by atoms with Crippen molar-refractivity contribution in [2.75, 3.05) is 5.32 Å². The molecular formula is C16H14Cl2N2. The highest BCUT2D eigenvalue weighted by Crippen LogP contribution is 2.29. The van der Waals surface area contributed by atoms with Gasteiger partial charge in [0.25, 0.3) is 0 Å². The fraction of sp³-hybridized carbons (Fsp3) is 0.125. The molecule has 1 atom stereocenters. The molecule has 102 valence electrons. The lowest BCUT2D eigenvalue weighted by molar-refractivity contribution is 0.885. The first kappa shape index (κ1) is 13.3. The van der Waals surface area contributed by atoms with E-state index in [1.165, 1.54) is 5.39 Å². The Morgan fingerprint density at radius 3 is 2.75 bits per heavy atom. The summed E-state index contributed by atoms with van der Waals surface area (Å²) in [6.45, 7) is 2.07. The summed E-state index contributed by atoms with van der Waals surface area (Å²) in [5, 5.41) is 6.04. The van der Waals surface area contributed by atoms with E-state index in [4.69, 9.17) is 23.2 Å². The Balaban J connectivity index is 1.87. The van der Waals surface area contributed by atoms with E-state index in [0.29, 0.717) is 5.02 Å². The lowest BCUT2D eigenvalue weighted by Crippen LogP contribution is -2.07. The van der Waals surface area contributed by atoms with Crippen LogP contribution in [0.3, 0.4) is 0 Å². The van der Waals surface area contributed by atoms with Gasteiger partial charge >= 0.3 is 0 Å². The molecule has 20 heavy (non-hydrogen) atoms. The normalized spacial score (nSPS) is 12.6. The molecule has 0 radical (unpaired) electrons. The highest BCUT2D eigenvalue weighted by Gasteiger charge is 2.10. The van der Waals surface area contributed by atoms with Gasteiger partial charge in [0.05, 0.1) is 6.04 Å². The first-order chi connectivity index (χ1) is 9.63. The Kier molecular flexibility index (Phi) is 3.60. The fourth-order valence-corrected chi connectivity index (χ4v) is 2.78. The molecule has 0 aliphatic carbocycles. The van der Waals surface area contributed by atoms with Crippen LogP contribution in [0.1, 0.15) is 18.5 Å². The third-order valence-corrected chi connectivity index (χ3v) is 3.94. The number of nitrogens with one attached hydrogen (secondary N) is 2. The number of halogens is 2. The number of H-pyrrole nitrogens is 1. The molecule has 1 aromatic heterocycles. The van der Waals surface area contributed by atoms with E-state index >= 15 is 0 Å². The molecule has 0 fully saturated rings. The van der Waals surface area contributed by atoms with Crippen LogP contribution < -0.4 is 5.32 Å². The lowest BCUT2D eigenvalue weighted by atomic mass is 10.1. The average Bonchev–Trinajstić information content (AvgIpc) is 2.89. The molecule has 2 N–H and O–H groups in total. The summed E-state index contributed by atoms with van der Waals surface area (Å²) in [4.78, 5) is 3.18. The predicted molar refractivity (Wildman–Crippen MR) is 86.8 cm³/mol. The van der Waals surface area contributed by atoms with Gasteiger partial charge < -0.3 is 10.3 Å². The molecule has 1 unspecified atom stereocenters. The lowest BCUT2D eigenvalue weighted by Gasteiger charge is -2.17. The number of hydrogen-bond donors (Lipinski definition) is 2. The van der Waals surface area contributed by atoms with Crippen molar-refractivity contribution in [3.63, 3.8) is 0 Å². The summed E-state index contributed by atoms with van der Waals surface area (Å²) < 4.78 is 0. The van der Waals surface area contributed by atoms with Gasteiger partial charge in [0.15, 0.2) is 0 Å². The van der Waals surface area contributed by atoms with Gasteiger partial charge in [0, 0.05) is 32.8 Å². The molecule has 3 aromatic rings. The summed E-state index contributed by atoms with van der Waals surface area (Å²) in [5.41, 5.74) is 3.18. The predicted octanol–water partition coefficient (Wildman–Crippen LogP) is 5.65. The molecule has 0 aliphatic rings. The Bertz CT molecular complexity index is 749. The van der Waals surface area contributed by atoms with Crippen LogP contribution in [0.4, 0.5) is 5.69 Å². The van der Waals surface area contributed by atoms with Crippen LogP contribution in [0.2, 0.25) is 10.0 Å². The number of fused-ring (bicyclic) bond motifs is 1. The third kappa shape index (κ3) is 2.62. The Labute approximate surface area is 127 Å². The van der Waals surface area contributed by atoms with Gasteiger partial charge in [-0.25, -0.2) is 0 Å². The summed E-state index contributed by atoms with van der Waals surface area (Å²) in [6.07, 6.45) is 1.94. The molecule has 0 bridgehead atoms. The van der Waals surface area contributed by atoms with E-state index in [1.54, 1.807) is 6.07 Å². The van der Waals surface area contributed by atoms with Crippen molar-refractivity contribution >= 4 is 39.8 Å². The van der Waals surface area contributed by atoms with Crippen molar-refractivity contribution in [1.29, 1.82) is 0 Å². The number of aromatic nitrogens is 1. The SMILES string of the molecule is CC(Nc1ccc2[nH]ccc2c1)c1cc(Cl)ccc1Cl. The Hall–Kier alpha value is -1.64. The maximum absolute atomic E-state index is 6.23. The first-order valence-corrected chi connectivity index (χ1v) is 7.18. The molecule has 4 heteroatoms. The topological polar surface area (TPSA) is 27.8 Å². The van der Waals surface area contributed by atoms with Crippen molar-refractivity contribution in [1.82, 2.24) is 4.98 Å². The van der Waals surface area contributed by atoms with E-state index < -0.39 is 0 Å². The molecule has 0 aliphatic heterocycles. The smallest absolute Gasteiger partial charge is 0.0500 e. The summed E-state index contributed by atoms with van der Waals surface area (Å²) >= 11 is 12.3. The minimum Gasteiger partial charge on any atom is -0.378 e. The second-order valence-electron chi connectivity index (χ2n) is 4.81. The van der Waals surface area contributed by atoms with Crippen molar-refractivity contribution < 1.29 is 0 Å². The van der Waals surface area contributed by atoms with E-state index in [1.807, 2.05) is 24.4 Å². The summed E-state index contributed by atoms with van der Waals surface area (Å²) in [7, 11) is 0. The zero-order valence-corrected chi connectivity index (χ0v) is 12.5. The number of hydrogen-bond acceptors (Lipinski definition) is 1. The van der Waals surface area contributed by atoms with Gasteiger partial charge in [0.2, 0.25) is 0 Å². The Morgan fingerprint density at radius 1 is 1.05 bits per heavy atom. The van der Waals surface area contributed by atoms with Gasteiger partial charge in [-0.2, -0.15) is 0 Å². The van der Waals surface area contributed by atoms with Crippen LogP contribution in [-0.2, 0) is 0 Å². The summed E-state index contributed by atoms with van der Waals surface area (Å²) in [6, 6.07) is 13.9. The van der Waals surface area contributed by atoms with E-state index in [-0.39, 0.29) is 6.04 Å². The standard InChI is InChI=1S/C16H14Cl2N2/c1-10(14-9-12(17)2-4-15(14)18)20-13-3-5-16-11(8-13)6-7-19-16/h2-10,19-20H,1H3. The van der Waals surface area contributed by atoms with Gasteiger partial charge in [-0.1, -0.05) is 23.2 Å². The molecule has 1 heterocycles. The van der Waals surface area contributed by atoms with Gasteiger partial charge in [-0.05, 0) is 55.0 Å². The van der Waals surface area contributed by atoms with Gasteiger partial charge in [0.1, 0.15) is 0 Å². The minimum absolute atomic E-state index is 0.0811. The summed E-state index contributed by atoms with van der Waals surface area (Å²) in [5.74, 6) is 0. The van der Waals surface area contributed by atoms with Crippen LogP contribution in [-0.4, -0.2) is 4.98 Å². The molecule has 0 saturated heterocycles. The highest BCUT2D eigenvalue weighted by atomic mass is 35.5. The van der Waals surface area contributed by atoms with Crippen molar-refractivity contribution in [2.45, 2.75) is 13.0 Å². The van der Waals surface area contributed by atoms with Crippen LogP contribution in [0.5, 0.6) is 0 Å². The monoisotopic (exact) mass is 304 g/mol. The number of benzene rings is 2. The van der Waals surface area contributed by atoms with Crippen molar-refractivity contribution in [2.24, 2.45) is 0 Å². The van der Waals surface area contributed by atoms with Crippen molar-refractivity contribution in [3.05, 3.63) is 64.3 Å². The maximum atomic E-state index is 6.23. The number of anilines is 1. The molecule has 0 amide bonds. The Morgan fingerprint density at radius 2 is 1.90 bits per heavy atom. The van der Waals surface area contributed by atoms with Crippen LogP contribution in [0.25, 0.3) is 10.9 Å². The molecule has 2 aromatic carbocycles. The third-order valence-electron chi connectivity index (χ3n) is 3.36. The van der Waals surface area contributed by atoms with E-state index in [0.717, 1.165) is 21.8 Å². The van der Waals surface area contributed by atoms with Crippen LogP contribution in [0.15, 0.2) is 48.7 Å². The second kappa shape index (κ2) is 5.39. The average molecular weight is 305 g/mol. The van der Waals surface area contributed by atoms with E-state index in [9.17, 15) is 0 Å². The fourth-order valence-electron chi connectivity index (χ4n) is 2.32. The molecule has 2 nitrogen and oxygen atoms in total. The number of aromatic amines is 1. The largest absolute Gasteiger partial charge is 0.378 e. The van der Waals surface area contributed by atoms with Crippen LogP contribution >= 0.6 is 23.2 Å². The maximum Gasteiger partial charge on any atom is 0.0500 e. The highest BCUT2D eigenvalue weighted by molar-refractivity contribution is 6.33. The van der Waals surface area contributed by atoms with E-state index in [2.05, 4.69) is 35.4 Å². The minimum atomic E-state index is 0.0811. The second-order valence-corrected chi connectivity index (χ2v) is 5.66. The quantitative estimate of drug-likeness (QED) is 0.643. The molecule has 0 spiro atoms. The van der Waals surface area contributed by atoms with Gasteiger partial charge in [-0.15, -0.1) is 0 Å². The van der Waals surface area contributed by atoms with Gasteiger partial charge in [-0.3, -0.25) is 0 Å². The first-order valence-electron chi connectivity index (χ1n) is 6.42. The molecule has 3 rings (SSSR count). The molecule has 0 saturated carbocycles. The molecular weight excluding hydrogens is 291 g/mol.